The Morgan fingerprint density at radius 2 is 1.57 bits per heavy atom. The fraction of sp³-hybridized carbons (Fsp3) is 0.632. The SMILES string of the molecule is CC(C)c1cccc(C(C)C)c1OC(=O)CN1CCCCC1.Cl. The van der Waals surface area contributed by atoms with Gasteiger partial charge in [0.15, 0.2) is 0 Å². The number of carbonyl (C=O) groups is 1. The molecule has 4 heteroatoms. The minimum Gasteiger partial charge on any atom is -0.425 e. The third kappa shape index (κ3) is 5.50. The smallest absolute Gasteiger partial charge is 0.325 e. The normalized spacial score (nSPS) is 15.6. The van der Waals surface area contributed by atoms with Crippen molar-refractivity contribution in [3.8, 4) is 5.75 Å². The maximum absolute atomic E-state index is 12.4. The third-order valence-electron chi connectivity index (χ3n) is 4.34. The largest absolute Gasteiger partial charge is 0.425 e. The van der Waals surface area contributed by atoms with Crippen LogP contribution in [0.5, 0.6) is 5.75 Å². The van der Waals surface area contributed by atoms with Gasteiger partial charge < -0.3 is 4.74 Å². The first kappa shape index (κ1) is 20.0. The second-order valence-electron chi connectivity index (χ2n) is 6.89. The molecule has 0 bridgehead atoms. The second kappa shape index (κ2) is 9.29. The predicted molar refractivity (Wildman–Crippen MR) is 97.8 cm³/mol. The lowest BCUT2D eigenvalue weighted by molar-refractivity contribution is -0.136. The van der Waals surface area contributed by atoms with E-state index in [0.29, 0.717) is 18.4 Å². The van der Waals surface area contributed by atoms with Gasteiger partial charge in [0.1, 0.15) is 5.75 Å². The van der Waals surface area contributed by atoms with E-state index < -0.39 is 0 Å². The molecule has 0 amide bonds. The Hall–Kier alpha value is -1.06. The molecule has 1 aliphatic rings. The summed E-state index contributed by atoms with van der Waals surface area (Å²) in [6.45, 7) is 11.0. The monoisotopic (exact) mass is 339 g/mol. The van der Waals surface area contributed by atoms with E-state index in [0.717, 1.165) is 30.0 Å². The van der Waals surface area contributed by atoms with E-state index in [-0.39, 0.29) is 18.4 Å². The van der Waals surface area contributed by atoms with Crippen molar-refractivity contribution in [2.45, 2.75) is 58.8 Å². The van der Waals surface area contributed by atoms with Crippen LogP contribution in [0.4, 0.5) is 0 Å². The molecule has 0 spiro atoms. The zero-order valence-electron chi connectivity index (χ0n) is 14.8. The van der Waals surface area contributed by atoms with E-state index in [4.69, 9.17) is 4.74 Å². The van der Waals surface area contributed by atoms with Gasteiger partial charge in [-0.1, -0.05) is 52.3 Å². The minimum atomic E-state index is -0.128. The Morgan fingerprint density at radius 1 is 1.04 bits per heavy atom. The van der Waals surface area contributed by atoms with Gasteiger partial charge in [0.05, 0.1) is 6.54 Å². The average molecular weight is 340 g/mol. The van der Waals surface area contributed by atoms with Gasteiger partial charge in [-0.25, -0.2) is 0 Å². The Labute approximate surface area is 146 Å². The molecule has 0 N–H and O–H groups in total. The van der Waals surface area contributed by atoms with Crippen LogP contribution in [-0.2, 0) is 4.79 Å². The molecule has 0 unspecified atom stereocenters. The van der Waals surface area contributed by atoms with Crippen molar-refractivity contribution in [2.24, 2.45) is 0 Å². The van der Waals surface area contributed by atoms with Crippen LogP contribution in [0.3, 0.4) is 0 Å². The molecular formula is C19H30ClNO2. The summed E-state index contributed by atoms with van der Waals surface area (Å²) in [6.07, 6.45) is 3.65. The van der Waals surface area contributed by atoms with Crippen LogP contribution in [0.2, 0.25) is 0 Å². The molecule has 3 nitrogen and oxygen atoms in total. The van der Waals surface area contributed by atoms with Gasteiger partial charge in [0.25, 0.3) is 0 Å². The maximum Gasteiger partial charge on any atom is 0.325 e. The summed E-state index contributed by atoms with van der Waals surface area (Å²) in [6, 6.07) is 6.20. The van der Waals surface area contributed by atoms with Crippen molar-refractivity contribution < 1.29 is 9.53 Å². The summed E-state index contributed by atoms with van der Waals surface area (Å²) in [4.78, 5) is 14.6. The number of benzene rings is 1. The third-order valence-corrected chi connectivity index (χ3v) is 4.34. The number of piperidine rings is 1. The summed E-state index contributed by atoms with van der Waals surface area (Å²) in [5.74, 6) is 1.35. The zero-order chi connectivity index (χ0) is 16.1. The van der Waals surface area contributed by atoms with Gasteiger partial charge in [0, 0.05) is 0 Å². The Morgan fingerprint density at radius 3 is 2.04 bits per heavy atom. The predicted octanol–water partition coefficient (Wildman–Crippen LogP) is 4.75. The Bertz CT molecular complexity index is 482. The number of ether oxygens (including phenoxy) is 1. The Kier molecular flexibility index (Phi) is 8.07. The van der Waals surface area contributed by atoms with E-state index in [1.54, 1.807) is 0 Å². The Balaban J connectivity index is 0.00000264. The summed E-state index contributed by atoms with van der Waals surface area (Å²) in [5.41, 5.74) is 2.25. The van der Waals surface area contributed by atoms with E-state index in [2.05, 4.69) is 50.8 Å². The summed E-state index contributed by atoms with van der Waals surface area (Å²) in [5, 5.41) is 0. The molecule has 1 aliphatic heterocycles. The number of likely N-dealkylation sites (tertiary alicyclic amines) is 1. The van der Waals surface area contributed by atoms with E-state index in [9.17, 15) is 4.79 Å². The molecule has 0 aliphatic carbocycles. The highest BCUT2D eigenvalue weighted by Crippen LogP contribution is 2.34. The molecule has 1 aromatic rings. The van der Waals surface area contributed by atoms with E-state index in [1.807, 2.05) is 0 Å². The van der Waals surface area contributed by atoms with Crippen LogP contribution in [0.1, 0.15) is 69.9 Å². The highest BCUT2D eigenvalue weighted by molar-refractivity contribution is 5.85. The molecule has 0 saturated carbocycles. The van der Waals surface area contributed by atoms with Gasteiger partial charge in [-0.2, -0.15) is 0 Å². The van der Waals surface area contributed by atoms with Crippen molar-refractivity contribution in [3.05, 3.63) is 29.3 Å². The molecule has 1 saturated heterocycles. The molecule has 1 heterocycles. The minimum absolute atomic E-state index is 0. The second-order valence-corrected chi connectivity index (χ2v) is 6.89. The molecule has 23 heavy (non-hydrogen) atoms. The van der Waals surface area contributed by atoms with Crippen LogP contribution in [0.15, 0.2) is 18.2 Å². The lowest BCUT2D eigenvalue weighted by atomic mass is 9.94. The van der Waals surface area contributed by atoms with Crippen LogP contribution in [0.25, 0.3) is 0 Å². The lowest BCUT2D eigenvalue weighted by Crippen LogP contribution is -2.36. The molecule has 2 rings (SSSR count). The first-order valence-electron chi connectivity index (χ1n) is 8.55. The van der Waals surface area contributed by atoms with Crippen LogP contribution in [-0.4, -0.2) is 30.5 Å². The summed E-state index contributed by atoms with van der Waals surface area (Å²) < 4.78 is 5.82. The molecule has 130 valence electrons. The first-order chi connectivity index (χ1) is 10.5. The highest BCUT2D eigenvalue weighted by atomic mass is 35.5. The molecule has 0 aromatic heterocycles. The van der Waals surface area contributed by atoms with E-state index in [1.165, 1.54) is 19.3 Å². The van der Waals surface area contributed by atoms with Crippen molar-refractivity contribution in [1.29, 1.82) is 0 Å². The van der Waals surface area contributed by atoms with Crippen LogP contribution >= 0.6 is 12.4 Å². The van der Waals surface area contributed by atoms with Gasteiger partial charge in [0.2, 0.25) is 0 Å². The molecular weight excluding hydrogens is 310 g/mol. The number of hydrogen-bond donors (Lipinski definition) is 0. The number of nitrogens with zero attached hydrogens (tertiary/aromatic N) is 1. The number of para-hydroxylation sites is 1. The fourth-order valence-electron chi connectivity index (χ4n) is 3.05. The highest BCUT2D eigenvalue weighted by Gasteiger charge is 2.20. The van der Waals surface area contributed by atoms with Gasteiger partial charge in [-0.05, 0) is 48.9 Å². The van der Waals surface area contributed by atoms with Gasteiger partial charge >= 0.3 is 5.97 Å². The van der Waals surface area contributed by atoms with Crippen molar-refractivity contribution in [3.63, 3.8) is 0 Å². The zero-order valence-corrected chi connectivity index (χ0v) is 15.6. The number of esters is 1. The number of halogens is 1. The van der Waals surface area contributed by atoms with Crippen molar-refractivity contribution >= 4 is 18.4 Å². The number of rotatable bonds is 5. The van der Waals surface area contributed by atoms with Crippen molar-refractivity contribution in [1.82, 2.24) is 4.90 Å². The molecule has 1 aromatic carbocycles. The summed E-state index contributed by atoms with van der Waals surface area (Å²) >= 11 is 0. The number of carbonyl (C=O) groups excluding carboxylic acids is 1. The topological polar surface area (TPSA) is 29.5 Å². The number of hydrogen-bond acceptors (Lipinski definition) is 3. The summed E-state index contributed by atoms with van der Waals surface area (Å²) in [7, 11) is 0. The average Bonchev–Trinajstić information content (AvgIpc) is 2.47. The first-order valence-corrected chi connectivity index (χ1v) is 8.55. The maximum atomic E-state index is 12.4. The van der Waals surface area contributed by atoms with E-state index >= 15 is 0 Å². The van der Waals surface area contributed by atoms with Crippen LogP contribution in [0, 0.1) is 0 Å². The van der Waals surface area contributed by atoms with Gasteiger partial charge in [-0.3, -0.25) is 9.69 Å². The van der Waals surface area contributed by atoms with Crippen molar-refractivity contribution in [2.75, 3.05) is 19.6 Å². The molecule has 0 radical (unpaired) electrons. The molecule has 1 fully saturated rings. The van der Waals surface area contributed by atoms with Crippen LogP contribution < -0.4 is 4.74 Å². The standard InChI is InChI=1S/C19H29NO2.ClH/c1-14(2)16-9-8-10-17(15(3)4)19(16)22-18(21)13-20-11-6-5-7-12-20;/h8-10,14-15H,5-7,11-13H2,1-4H3;1H. The fourth-order valence-corrected chi connectivity index (χ4v) is 3.05. The molecule has 0 atom stereocenters. The quantitative estimate of drug-likeness (QED) is 0.573. The van der Waals surface area contributed by atoms with Gasteiger partial charge in [-0.15, -0.1) is 12.4 Å². The lowest BCUT2D eigenvalue weighted by Gasteiger charge is -2.26.